The number of benzene rings is 2. The molecule has 0 heterocycles. The third-order valence-corrected chi connectivity index (χ3v) is 7.32. The van der Waals surface area contributed by atoms with Crippen molar-refractivity contribution in [1.82, 2.24) is 0 Å². The standard InChI is InChI=1S/C33H46O/c1-3-5-7-9-10-12-28-13-15-29(16-14-28)17-18-30-19-21-31(22-20-30)32-23-25-33(26-24-32)34-27-11-8-6-4-2/h19-26,28-29H,3-16,27H2,1-2H3/t28-,29-. The van der Waals surface area contributed by atoms with E-state index in [0.717, 1.165) is 30.3 Å². The summed E-state index contributed by atoms with van der Waals surface area (Å²) in [6.07, 6.45) is 18.8. The maximum Gasteiger partial charge on any atom is 0.119 e. The third kappa shape index (κ3) is 9.58. The lowest BCUT2D eigenvalue weighted by Gasteiger charge is -2.25. The highest BCUT2D eigenvalue weighted by Crippen LogP contribution is 2.32. The van der Waals surface area contributed by atoms with E-state index in [1.807, 2.05) is 0 Å². The molecule has 0 spiro atoms. The molecule has 1 saturated carbocycles. The van der Waals surface area contributed by atoms with Crippen molar-refractivity contribution in [2.75, 3.05) is 6.61 Å². The maximum atomic E-state index is 5.87. The van der Waals surface area contributed by atoms with Gasteiger partial charge in [-0.25, -0.2) is 0 Å². The topological polar surface area (TPSA) is 9.23 Å². The number of hydrogen-bond donors (Lipinski definition) is 0. The minimum Gasteiger partial charge on any atom is -0.494 e. The quantitative estimate of drug-likeness (QED) is 0.214. The summed E-state index contributed by atoms with van der Waals surface area (Å²) in [6.45, 7) is 5.34. The first-order valence-corrected chi connectivity index (χ1v) is 14.1. The molecule has 2 aromatic rings. The molecular weight excluding hydrogens is 412 g/mol. The van der Waals surface area contributed by atoms with Gasteiger partial charge in [-0.15, -0.1) is 0 Å². The Labute approximate surface area is 209 Å². The van der Waals surface area contributed by atoms with Crippen LogP contribution in [0.1, 0.15) is 109 Å². The Morgan fingerprint density at radius 3 is 1.91 bits per heavy atom. The monoisotopic (exact) mass is 458 g/mol. The van der Waals surface area contributed by atoms with Gasteiger partial charge >= 0.3 is 0 Å². The lowest BCUT2D eigenvalue weighted by molar-refractivity contribution is 0.294. The minimum atomic E-state index is 0.588. The molecule has 1 aliphatic rings. The summed E-state index contributed by atoms with van der Waals surface area (Å²) >= 11 is 0. The second-order valence-corrected chi connectivity index (χ2v) is 10.2. The molecule has 184 valence electrons. The van der Waals surface area contributed by atoms with Crippen molar-refractivity contribution in [2.45, 2.75) is 104 Å². The highest BCUT2D eigenvalue weighted by atomic mass is 16.5. The van der Waals surface area contributed by atoms with Gasteiger partial charge in [0.05, 0.1) is 6.61 Å². The molecule has 0 aliphatic heterocycles. The first-order valence-electron chi connectivity index (χ1n) is 14.1. The summed E-state index contributed by atoms with van der Waals surface area (Å²) in [4.78, 5) is 0. The molecule has 0 bridgehead atoms. The normalized spacial score (nSPS) is 17.7. The van der Waals surface area contributed by atoms with E-state index in [4.69, 9.17) is 4.74 Å². The highest BCUT2D eigenvalue weighted by molar-refractivity contribution is 5.65. The molecule has 0 aromatic heterocycles. The smallest absolute Gasteiger partial charge is 0.119 e. The lowest BCUT2D eigenvalue weighted by atomic mass is 9.80. The van der Waals surface area contributed by atoms with E-state index >= 15 is 0 Å². The van der Waals surface area contributed by atoms with Gasteiger partial charge in [-0.1, -0.05) is 108 Å². The highest BCUT2D eigenvalue weighted by Gasteiger charge is 2.19. The molecule has 0 saturated heterocycles. The van der Waals surface area contributed by atoms with Crippen molar-refractivity contribution in [3.8, 4) is 28.7 Å². The molecule has 1 nitrogen and oxygen atoms in total. The Hall–Kier alpha value is -2.20. The first kappa shape index (κ1) is 26.4. The van der Waals surface area contributed by atoms with Gasteiger partial charge in [-0.3, -0.25) is 0 Å². The largest absolute Gasteiger partial charge is 0.494 e. The van der Waals surface area contributed by atoms with Crippen LogP contribution in [0.4, 0.5) is 0 Å². The zero-order chi connectivity index (χ0) is 23.8. The van der Waals surface area contributed by atoms with Gasteiger partial charge < -0.3 is 4.74 Å². The summed E-state index contributed by atoms with van der Waals surface area (Å²) < 4.78 is 5.87. The van der Waals surface area contributed by atoms with Gasteiger partial charge in [0, 0.05) is 11.5 Å². The van der Waals surface area contributed by atoms with Crippen molar-refractivity contribution in [2.24, 2.45) is 11.8 Å². The SMILES string of the molecule is CCCCCCC[C@H]1CC[C@H](C#Cc2ccc(-c3ccc(OCCCCCC)cc3)cc2)CC1. The van der Waals surface area contributed by atoms with Crippen molar-refractivity contribution in [3.63, 3.8) is 0 Å². The predicted molar refractivity (Wildman–Crippen MR) is 147 cm³/mol. The number of unbranched alkanes of at least 4 members (excludes halogenated alkanes) is 7. The Bertz CT molecular complexity index is 844. The van der Waals surface area contributed by atoms with Crippen molar-refractivity contribution in [3.05, 3.63) is 54.1 Å². The van der Waals surface area contributed by atoms with E-state index in [1.165, 1.54) is 94.6 Å². The van der Waals surface area contributed by atoms with Crippen LogP contribution in [-0.4, -0.2) is 6.61 Å². The number of rotatable bonds is 13. The fraction of sp³-hybridized carbons (Fsp3) is 0.576. The van der Waals surface area contributed by atoms with Crippen LogP contribution in [0.25, 0.3) is 11.1 Å². The summed E-state index contributed by atoms with van der Waals surface area (Å²) in [5, 5.41) is 0. The van der Waals surface area contributed by atoms with Gasteiger partial charge in [0.15, 0.2) is 0 Å². The van der Waals surface area contributed by atoms with E-state index < -0.39 is 0 Å². The van der Waals surface area contributed by atoms with E-state index in [1.54, 1.807) is 0 Å². The zero-order valence-electron chi connectivity index (χ0n) is 21.8. The fourth-order valence-electron chi connectivity index (χ4n) is 5.03. The van der Waals surface area contributed by atoms with Gasteiger partial charge in [-0.2, -0.15) is 0 Å². The number of ether oxygens (including phenoxy) is 1. The Morgan fingerprint density at radius 2 is 1.26 bits per heavy atom. The lowest BCUT2D eigenvalue weighted by Crippen LogP contribution is -2.13. The van der Waals surface area contributed by atoms with Crippen molar-refractivity contribution < 1.29 is 4.74 Å². The Morgan fingerprint density at radius 1 is 0.676 bits per heavy atom. The molecule has 0 radical (unpaired) electrons. The predicted octanol–water partition coefficient (Wildman–Crippen LogP) is 9.83. The van der Waals surface area contributed by atoms with Crippen LogP contribution < -0.4 is 4.74 Å². The molecule has 0 atom stereocenters. The van der Waals surface area contributed by atoms with E-state index in [2.05, 4.69) is 74.2 Å². The van der Waals surface area contributed by atoms with Gasteiger partial charge in [0.2, 0.25) is 0 Å². The van der Waals surface area contributed by atoms with Gasteiger partial charge in [0.25, 0.3) is 0 Å². The summed E-state index contributed by atoms with van der Waals surface area (Å²) in [6, 6.07) is 17.2. The summed E-state index contributed by atoms with van der Waals surface area (Å²) in [5.41, 5.74) is 3.60. The molecular formula is C33H46O. The van der Waals surface area contributed by atoms with E-state index in [0.29, 0.717) is 5.92 Å². The van der Waals surface area contributed by atoms with E-state index in [9.17, 15) is 0 Å². The second kappa shape index (κ2) is 15.7. The zero-order valence-corrected chi connectivity index (χ0v) is 21.8. The van der Waals surface area contributed by atoms with Crippen LogP contribution in [0.15, 0.2) is 48.5 Å². The summed E-state index contributed by atoms with van der Waals surface area (Å²) in [7, 11) is 0. The molecule has 1 aliphatic carbocycles. The molecule has 3 rings (SSSR count). The van der Waals surface area contributed by atoms with E-state index in [-0.39, 0.29) is 0 Å². The van der Waals surface area contributed by atoms with Crippen LogP contribution in [0, 0.1) is 23.7 Å². The Balaban J connectivity index is 1.40. The van der Waals surface area contributed by atoms with Crippen molar-refractivity contribution in [1.29, 1.82) is 0 Å². The third-order valence-electron chi connectivity index (χ3n) is 7.32. The second-order valence-electron chi connectivity index (χ2n) is 10.2. The maximum absolute atomic E-state index is 5.87. The molecule has 34 heavy (non-hydrogen) atoms. The minimum absolute atomic E-state index is 0.588. The average Bonchev–Trinajstić information content (AvgIpc) is 2.89. The molecule has 0 N–H and O–H groups in total. The van der Waals surface area contributed by atoms with Crippen LogP contribution in [0.2, 0.25) is 0 Å². The number of hydrogen-bond acceptors (Lipinski definition) is 1. The Kier molecular flexibility index (Phi) is 12.2. The van der Waals surface area contributed by atoms with Gasteiger partial charge in [-0.05, 0) is 73.4 Å². The molecule has 0 unspecified atom stereocenters. The van der Waals surface area contributed by atoms with Crippen LogP contribution >= 0.6 is 0 Å². The fourth-order valence-corrected chi connectivity index (χ4v) is 5.03. The van der Waals surface area contributed by atoms with Crippen LogP contribution in [-0.2, 0) is 0 Å². The van der Waals surface area contributed by atoms with Crippen LogP contribution in [0.5, 0.6) is 5.75 Å². The van der Waals surface area contributed by atoms with Gasteiger partial charge in [0.1, 0.15) is 5.75 Å². The first-order chi connectivity index (χ1) is 16.8. The molecule has 1 fully saturated rings. The average molecular weight is 459 g/mol. The van der Waals surface area contributed by atoms with Crippen molar-refractivity contribution >= 4 is 0 Å². The summed E-state index contributed by atoms with van der Waals surface area (Å²) in [5.74, 6) is 9.54. The molecule has 1 heteroatoms. The van der Waals surface area contributed by atoms with Crippen LogP contribution in [0.3, 0.4) is 0 Å². The molecule has 0 amide bonds. The molecule has 2 aromatic carbocycles.